The number of hydrogen-bond acceptors (Lipinski definition) is 4. The summed E-state index contributed by atoms with van der Waals surface area (Å²) in [5.74, 6) is 1.51. The van der Waals surface area contributed by atoms with Crippen LogP contribution < -0.4 is 5.56 Å². The third kappa shape index (κ3) is 2.02. The average molecular weight is 297 g/mol. The first-order valence-electron chi connectivity index (χ1n) is 7.80. The van der Waals surface area contributed by atoms with Gasteiger partial charge in [0.2, 0.25) is 5.78 Å². The summed E-state index contributed by atoms with van der Waals surface area (Å²) < 4.78 is 3.60. The van der Waals surface area contributed by atoms with Gasteiger partial charge in [0.05, 0.1) is 17.4 Å². The van der Waals surface area contributed by atoms with E-state index >= 15 is 0 Å². The van der Waals surface area contributed by atoms with E-state index < -0.39 is 0 Å². The third-order valence-electron chi connectivity index (χ3n) is 4.51. The highest BCUT2D eigenvalue weighted by Gasteiger charge is 2.17. The molecule has 2 aromatic heterocycles. The zero-order valence-electron chi connectivity index (χ0n) is 12.7. The molecular weight excluding hydrogens is 278 g/mol. The van der Waals surface area contributed by atoms with Gasteiger partial charge in [-0.3, -0.25) is 18.7 Å². The Bertz CT molecular complexity index is 889. The second kappa shape index (κ2) is 5.21. The maximum absolute atomic E-state index is 12.4. The molecule has 1 fully saturated rings. The molecule has 0 aliphatic carbocycles. The first-order chi connectivity index (χ1) is 10.8. The molecule has 0 radical (unpaired) electrons. The molecule has 3 aromatic rings. The van der Waals surface area contributed by atoms with Crippen molar-refractivity contribution in [1.29, 1.82) is 0 Å². The lowest BCUT2D eigenvalue weighted by Gasteiger charge is -2.25. The lowest BCUT2D eigenvalue weighted by atomic mass is 10.1. The number of nitrogens with zero attached hydrogens (tertiary/aromatic N) is 5. The predicted molar refractivity (Wildman–Crippen MR) is 84.9 cm³/mol. The predicted octanol–water partition coefficient (Wildman–Crippen LogP) is 1.57. The number of fused-ring (bicyclic) bond motifs is 3. The molecule has 0 atom stereocenters. The highest BCUT2D eigenvalue weighted by Crippen LogP contribution is 2.17. The summed E-state index contributed by atoms with van der Waals surface area (Å²) in [6, 6.07) is 7.67. The lowest BCUT2D eigenvalue weighted by molar-refractivity contribution is 0.215. The van der Waals surface area contributed by atoms with Gasteiger partial charge in [0.1, 0.15) is 0 Å². The standard InChI is InChI=1S/C16H19N5O/c1-19-15(22)12-7-3-4-8-13(12)21-14(17-18-16(19)21)11-20-9-5-2-6-10-20/h3-4,7-8H,2,5-6,9-11H2,1H3. The highest BCUT2D eigenvalue weighted by molar-refractivity contribution is 5.80. The summed E-state index contributed by atoms with van der Waals surface area (Å²) in [5.41, 5.74) is 0.859. The number of rotatable bonds is 2. The van der Waals surface area contributed by atoms with Crippen molar-refractivity contribution >= 4 is 16.7 Å². The van der Waals surface area contributed by atoms with Crippen LogP contribution in [0.15, 0.2) is 29.1 Å². The highest BCUT2D eigenvalue weighted by atomic mass is 16.1. The summed E-state index contributed by atoms with van der Waals surface area (Å²) in [6.07, 6.45) is 3.81. The lowest BCUT2D eigenvalue weighted by Crippen LogP contribution is -2.30. The van der Waals surface area contributed by atoms with Crippen molar-refractivity contribution in [3.05, 3.63) is 40.4 Å². The summed E-state index contributed by atoms with van der Waals surface area (Å²) in [4.78, 5) is 14.8. The summed E-state index contributed by atoms with van der Waals surface area (Å²) in [5, 5.41) is 9.30. The summed E-state index contributed by atoms with van der Waals surface area (Å²) in [7, 11) is 1.75. The molecule has 1 aliphatic rings. The Morgan fingerprint density at radius 1 is 1.09 bits per heavy atom. The third-order valence-corrected chi connectivity index (χ3v) is 4.51. The monoisotopic (exact) mass is 297 g/mol. The van der Waals surface area contributed by atoms with E-state index in [4.69, 9.17) is 0 Å². The molecule has 0 bridgehead atoms. The van der Waals surface area contributed by atoms with Gasteiger partial charge in [-0.1, -0.05) is 18.6 Å². The average Bonchev–Trinajstić information content (AvgIpc) is 2.97. The Morgan fingerprint density at radius 2 is 1.86 bits per heavy atom. The zero-order valence-corrected chi connectivity index (χ0v) is 12.7. The van der Waals surface area contributed by atoms with Crippen LogP contribution in [0.25, 0.3) is 16.7 Å². The van der Waals surface area contributed by atoms with E-state index in [0.29, 0.717) is 11.2 Å². The fraction of sp³-hybridized carbons (Fsp3) is 0.438. The van der Waals surface area contributed by atoms with E-state index in [0.717, 1.165) is 31.0 Å². The maximum atomic E-state index is 12.4. The van der Waals surface area contributed by atoms with Crippen LogP contribution in [-0.2, 0) is 13.6 Å². The van der Waals surface area contributed by atoms with Crippen LogP contribution in [0.1, 0.15) is 25.1 Å². The zero-order chi connectivity index (χ0) is 15.1. The van der Waals surface area contributed by atoms with Gasteiger partial charge in [-0.15, -0.1) is 10.2 Å². The van der Waals surface area contributed by atoms with E-state index in [2.05, 4.69) is 15.1 Å². The molecule has 3 heterocycles. The van der Waals surface area contributed by atoms with Crippen LogP contribution in [0.3, 0.4) is 0 Å². The van der Waals surface area contributed by atoms with Crippen molar-refractivity contribution < 1.29 is 0 Å². The molecular formula is C16H19N5O. The van der Waals surface area contributed by atoms with Gasteiger partial charge < -0.3 is 0 Å². The van der Waals surface area contributed by atoms with Crippen LogP contribution in [-0.4, -0.2) is 37.2 Å². The molecule has 1 aliphatic heterocycles. The number of aromatic nitrogens is 4. The molecule has 0 spiro atoms. The largest absolute Gasteiger partial charge is 0.296 e. The molecule has 0 N–H and O–H groups in total. The quantitative estimate of drug-likeness (QED) is 0.720. The Labute approximate surface area is 128 Å². The van der Waals surface area contributed by atoms with Crippen molar-refractivity contribution in [1.82, 2.24) is 24.1 Å². The van der Waals surface area contributed by atoms with Crippen LogP contribution in [0.2, 0.25) is 0 Å². The van der Waals surface area contributed by atoms with Gasteiger partial charge in [0.25, 0.3) is 5.56 Å². The van der Waals surface area contributed by atoms with E-state index in [-0.39, 0.29) is 5.56 Å². The van der Waals surface area contributed by atoms with Crippen molar-refractivity contribution in [3.63, 3.8) is 0 Å². The molecule has 22 heavy (non-hydrogen) atoms. The normalized spacial score (nSPS) is 16.6. The maximum Gasteiger partial charge on any atom is 0.262 e. The summed E-state index contributed by atoms with van der Waals surface area (Å²) >= 11 is 0. The molecule has 6 nitrogen and oxygen atoms in total. The van der Waals surface area contributed by atoms with Crippen molar-refractivity contribution in [2.75, 3.05) is 13.1 Å². The van der Waals surface area contributed by atoms with E-state index in [9.17, 15) is 4.79 Å². The Morgan fingerprint density at radius 3 is 2.68 bits per heavy atom. The number of benzene rings is 1. The fourth-order valence-corrected chi connectivity index (χ4v) is 3.31. The molecule has 6 heteroatoms. The second-order valence-electron chi connectivity index (χ2n) is 5.97. The van der Waals surface area contributed by atoms with Crippen LogP contribution in [0.4, 0.5) is 0 Å². The fourth-order valence-electron chi connectivity index (χ4n) is 3.31. The van der Waals surface area contributed by atoms with Crippen LogP contribution >= 0.6 is 0 Å². The molecule has 0 amide bonds. The molecule has 114 valence electrons. The van der Waals surface area contributed by atoms with Crippen LogP contribution in [0.5, 0.6) is 0 Å². The molecule has 0 unspecified atom stereocenters. The first-order valence-corrected chi connectivity index (χ1v) is 7.80. The van der Waals surface area contributed by atoms with Gasteiger partial charge in [-0.25, -0.2) is 0 Å². The minimum atomic E-state index is -0.0278. The smallest absolute Gasteiger partial charge is 0.262 e. The van der Waals surface area contributed by atoms with E-state index in [1.165, 1.54) is 19.3 Å². The number of likely N-dealkylation sites (tertiary alicyclic amines) is 1. The van der Waals surface area contributed by atoms with Gasteiger partial charge in [-0.2, -0.15) is 0 Å². The minimum Gasteiger partial charge on any atom is -0.296 e. The minimum absolute atomic E-state index is 0.0278. The van der Waals surface area contributed by atoms with Crippen molar-refractivity contribution in [2.24, 2.45) is 7.05 Å². The Hall–Kier alpha value is -2.21. The molecule has 1 saturated heterocycles. The van der Waals surface area contributed by atoms with Gasteiger partial charge in [-0.05, 0) is 38.1 Å². The Balaban J connectivity index is 1.91. The Kier molecular flexibility index (Phi) is 3.18. The number of para-hydroxylation sites is 1. The van der Waals surface area contributed by atoms with Gasteiger partial charge in [0.15, 0.2) is 5.82 Å². The van der Waals surface area contributed by atoms with E-state index in [1.54, 1.807) is 11.6 Å². The molecule has 1 aromatic carbocycles. The molecule has 0 saturated carbocycles. The SMILES string of the molecule is Cn1c(=O)c2ccccc2n2c(CN3CCCCC3)nnc12. The molecule has 4 rings (SSSR count). The second-order valence-corrected chi connectivity index (χ2v) is 5.97. The van der Waals surface area contributed by atoms with Gasteiger partial charge in [0, 0.05) is 7.05 Å². The number of hydrogen-bond donors (Lipinski definition) is 0. The van der Waals surface area contributed by atoms with E-state index in [1.807, 2.05) is 28.7 Å². The topological polar surface area (TPSA) is 55.4 Å². The van der Waals surface area contributed by atoms with Crippen molar-refractivity contribution in [2.45, 2.75) is 25.8 Å². The van der Waals surface area contributed by atoms with Gasteiger partial charge >= 0.3 is 0 Å². The number of aryl methyl sites for hydroxylation is 1. The van der Waals surface area contributed by atoms with Crippen molar-refractivity contribution in [3.8, 4) is 0 Å². The first kappa shape index (κ1) is 13.5. The number of piperidine rings is 1. The summed E-state index contributed by atoms with van der Waals surface area (Å²) in [6.45, 7) is 3.00. The van der Waals surface area contributed by atoms with Crippen LogP contribution in [0, 0.1) is 0 Å².